The molecule has 1 fully saturated rings. The second-order valence-electron chi connectivity index (χ2n) is 8.15. The first kappa shape index (κ1) is 22.2. The van der Waals surface area contributed by atoms with Crippen molar-refractivity contribution in [3.05, 3.63) is 95.1 Å². The number of aryl methyl sites for hydroxylation is 2. The minimum Gasteiger partial charge on any atom is -0.322 e. The Hall–Kier alpha value is -3.05. The molecule has 0 radical (unpaired) electrons. The third kappa shape index (κ3) is 5.05. The number of thioether (sulfide) groups is 1. The molecular weight excluding hydrogens is 416 g/mol. The molecular formula is C27H28N2O2S. The van der Waals surface area contributed by atoms with Crippen molar-refractivity contribution in [3.63, 3.8) is 0 Å². The van der Waals surface area contributed by atoms with Crippen LogP contribution in [0.25, 0.3) is 0 Å². The van der Waals surface area contributed by atoms with Crippen LogP contribution in [0.3, 0.4) is 0 Å². The van der Waals surface area contributed by atoms with Gasteiger partial charge in [0.05, 0.1) is 5.75 Å². The van der Waals surface area contributed by atoms with Gasteiger partial charge in [0, 0.05) is 16.9 Å². The molecule has 3 aromatic carbocycles. The summed E-state index contributed by atoms with van der Waals surface area (Å²) in [6, 6.07) is 23.6. The number of amides is 2. The molecule has 1 aliphatic rings. The third-order valence-electron chi connectivity index (χ3n) is 5.61. The average Bonchev–Trinajstić information content (AvgIpc) is 3.19. The topological polar surface area (TPSA) is 49.4 Å². The Kier molecular flexibility index (Phi) is 6.96. The number of nitrogens with one attached hydrogen (secondary N) is 1. The maximum atomic E-state index is 12.8. The van der Waals surface area contributed by atoms with E-state index in [4.69, 9.17) is 0 Å². The van der Waals surface area contributed by atoms with Gasteiger partial charge in [0.1, 0.15) is 5.37 Å². The van der Waals surface area contributed by atoms with Crippen molar-refractivity contribution in [1.29, 1.82) is 0 Å². The van der Waals surface area contributed by atoms with Crippen LogP contribution in [0, 0.1) is 6.92 Å². The van der Waals surface area contributed by atoms with Crippen molar-refractivity contribution >= 4 is 35.0 Å². The first-order valence-electron chi connectivity index (χ1n) is 11.1. The summed E-state index contributed by atoms with van der Waals surface area (Å²) in [5.41, 5.74) is 5.64. The predicted molar refractivity (Wildman–Crippen MR) is 133 cm³/mol. The summed E-state index contributed by atoms with van der Waals surface area (Å²) in [4.78, 5) is 27.3. The lowest BCUT2D eigenvalue weighted by Crippen LogP contribution is -2.27. The summed E-state index contributed by atoms with van der Waals surface area (Å²) >= 11 is 1.61. The molecule has 0 aliphatic carbocycles. The lowest BCUT2D eigenvalue weighted by molar-refractivity contribution is -0.115. The summed E-state index contributed by atoms with van der Waals surface area (Å²) in [5.74, 6) is 0.414. The van der Waals surface area contributed by atoms with Gasteiger partial charge in [-0.25, -0.2) is 0 Å². The van der Waals surface area contributed by atoms with Gasteiger partial charge in [-0.2, -0.15) is 0 Å². The van der Waals surface area contributed by atoms with Gasteiger partial charge in [-0.3, -0.25) is 14.5 Å². The van der Waals surface area contributed by atoms with E-state index in [-0.39, 0.29) is 17.2 Å². The Morgan fingerprint density at radius 2 is 1.84 bits per heavy atom. The van der Waals surface area contributed by atoms with Crippen LogP contribution in [0.5, 0.6) is 0 Å². The van der Waals surface area contributed by atoms with Gasteiger partial charge < -0.3 is 5.32 Å². The van der Waals surface area contributed by atoms with Gasteiger partial charge in [-0.1, -0.05) is 49.7 Å². The van der Waals surface area contributed by atoms with E-state index in [2.05, 4.69) is 12.2 Å². The van der Waals surface area contributed by atoms with Crippen LogP contribution in [0.15, 0.2) is 72.8 Å². The van der Waals surface area contributed by atoms with E-state index in [1.165, 1.54) is 5.56 Å². The van der Waals surface area contributed by atoms with Crippen LogP contribution in [0.1, 0.15) is 52.2 Å². The van der Waals surface area contributed by atoms with Gasteiger partial charge in [0.2, 0.25) is 5.91 Å². The number of hydrogen-bond donors (Lipinski definition) is 1. The molecule has 0 aromatic heterocycles. The Morgan fingerprint density at radius 1 is 1.06 bits per heavy atom. The predicted octanol–water partition coefficient (Wildman–Crippen LogP) is 6.37. The number of anilines is 2. The average molecular weight is 445 g/mol. The van der Waals surface area contributed by atoms with Gasteiger partial charge >= 0.3 is 0 Å². The summed E-state index contributed by atoms with van der Waals surface area (Å²) in [6.45, 7) is 4.20. The zero-order valence-corrected chi connectivity index (χ0v) is 19.3. The summed E-state index contributed by atoms with van der Waals surface area (Å²) in [5, 5.41) is 2.90. The SMILES string of the molecule is CCCCc1ccc(C(=O)Nc2cccc([C@H]3SCC(=O)N3c3cccc(C)c3)c2)cc1. The quantitative estimate of drug-likeness (QED) is 0.461. The second-order valence-corrected chi connectivity index (χ2v) is 9.21. The molecule has 4 nitrogen and oxygen atoms in total. The normalized spacial score (nSPS) is 15.8. The maximum absolute atomic E-state index is 12.8. The van der Waals surface area contributed by atoms with E-state index >= 15 is 0 Å². The zero-order chi connectivity index (χ0) is 22.5. The molecule has 1 atom stereocenters. The van der Waals surface area contributed by atoms with E-state index in [0.29, 0.717) is 11.3 Å². The molecule has 1 saturated heterocycles. The summed E-state index contributed by atoms with van der Waals surface area (Å²) in [7, 11) is 0. The van der Waals surface area contributed by atoms with Crippen molar-refractivity contribution in [2.45, 2.75) is 38.5 Å². The minimum atomic E-state index is -0.130. The highest BCUT2D eigenvalue weighted by atomic mass is 32.2. The van der Waals surface area contributed by atoms with Gasteiger partial charge in [0.25, 0.3) is 5.91 Å². The van der Waals surface area contributed by atoms with E-state index < -0.39 is 0 Å². The molecule has 0 unspecified atom stereocenters. The number of hydrogen-bond acceptors (Lipinski definition) is 3. The molecule has 164 valence electrons. The fraction of sp³-hybridized carbons (Fsp3) is 0.259. The molecule has 0 spiro atoms. The smallest absolute Gasteiger partial charge is 0.255 e. The highest BCUT2D eigenvalue weighted by Crippen LogP contribution is 2.42. The maximum Gasteiger partial charge on any atom is 0.255 e. The molecule has 1 heterocycles. The molecule has 32 heavy (non-hydrogen) atoms. The van der Waals surface area contributed by atoms with Crippen LogP contribution in [-0.4, -0.2) is 17.6 Å². The monoisotopic (exact) mass is 444 g/mol. The van der Waals surface area contributed by atoms with Crippen molar-refractivity contribution in [1.82, 2.24) is 0 Å². The second kappa shape index (κ2) is 10.0. The number of carbonyl (C=O) groups excluding carboxylic acids is 2. The summed E-state index contributed by atoms with van der Waals surface area (Å²) < 4.78 is 0. The van der Waals surface area contributed by atoms with Crippen molar-refractivity contribution in [2.24, 2.45) is 0 Å². The fourth-order valence-corrected chi connectivity index (χ4v) is 5.07. The molecule has 0 bridgehead atoms. The lowest BCUT2D eigenvalue weighted by atomic mass is 10.1. The van der Waals surface area contributed by atoms with Crippen molar-refractivity contribution in [2.75, 3.05) is 16.0 Å². The van der Waals surface area contributed by atoms with Crippen molar-refractivity contribution in [3.8, 4) is 0 Å². The van der Waals surface area contributed by atoms with Gasteiger partial charge in [-0.05, 0) is 72.9 Å². The Balaban J connectivity index is 1.50. The number of benzene rings is 3. The largest absolute Gasteiger partial charge is 0.322 e. The van der Waals surface area contributed by atoms with Crippen molar-refractivity contribution < 1.29 is 9.59 Å². The van der Waals surface area contributed by atoms with Crippen LogP contribution >= 0.6 is 11.8 Å². The molecule has 1 N–H and O–H groups in total. The lowest BCUT2D eigenvalue weighted by Gasteiger charge is -2.25. The highest BCUT2D eigenvalue weighted by molar-refractivity contribution is 8.00. The zero-order valence-electron chi connectivity index (χ0n) is 18.5. The van der Waals surface area contributed by atoms with Crippen LogP contribution in [0.4, 0.5) is 11.4 Å². The third-order valence-corrected chi connectivity index (χ3v) is 6.82. The Bertz CT molecular complexity index is 1110. The van der Waals surface area contributed by atoms with Gasteiger partial charge in [0.15, 0.2) is 0 Å². The fourth-order valence-electron chi connectivity index (χ4n) is 3.90. The number of nitrogens with zero attached hydrogens (tertiary/aromatic N) is 1. The van der Waals surface area contributed by atoms with E-state index in [0.717, 1.165) is 41.8 Å². The van der Waals surface area contributed by atoms with E-state index in [1.807, 2.05) is 84.6 Å². The van der Waals surface area contributed by atoms with E-state index in [1.54, 1.807) is 11.8 Å². The van der Waals surface area contributed by atoms with Gasteiger partial charge in [-0.15, -0.1) is 11.8 Å². The first-order chi connectivity index (χ1) is 15.5. The Morgan fingerprint density at radius 3 is 2.59 bits per heavy atom. The molecule has 3 aromatic rings. The Labute approximate surface area is 194 Å². The number of rotatable bonds is 7. The molecule has 0 saturated carbocycles. The molecule has 4 rings (SSSR count). The molecule has 2 amide bonds. The number of carbonyl (C=O) groups is 2. The standard InChI is InChI=1S/C27H28N2O2S/c1-3-4-8-20-12-14-21(15-13-20)26(31)28-23-10-6-9-22(17-23)27-29(25(30)18-32-27)24-11-5-7-19(2)16-24/h5-7,9-17,27H,3-4,8,18H2,1-2H3,(H,28,31)/t27-/m1/s1. The van der Waals surface area contributed by atoms with Crippen LogP contribution < -0.4 is 10.2 Å². The molecule has 5 heteroatoms. The van der Waals surface area contributed by atoms with Crippen LogP contribution in [-0.2, 0) is 11.2 Å². The minimum absolute atomic E-state index is 0.100. The van der Waals surface area contributed by atoms with E-state index in [9.17, 15) is 9.59 Å². The number of unbranched alkanes of at least 4 members (excludes halogenated alkanes) is 1. The summed E-state index contributed by atoms with van der Waals surface area (Å²) in [6.07, 6.45) is 3.35. The first-order valence-corrected chi connectivity index (χ1v) is 12.1. The molecule has 1 aliphatic heterocycles. The van der Waals surface area contributed by atoms with Crippen LogP contribution in [0.2, 0.25) is 0 Å². The highest BCUT2D eigenvalue weighted by Gasteiger charge is 2.34.